The van der Waals surface area contributed by atoms with Gasteiger partial charge in [0.05, 0.1) is 6.61 Å². The smallest absolute Gasteiger partial charge is 0.320 e. The molecule has 0 spiro atoms. The predicted molar refractivity (Wildman–Crippen MR) is 50.4 cm³/mol. The van der Waals surface area contributed by atoms with Gasteiger partial charge in [0, 0.05) is 5.92 Å². The van der Waals surface area contributed by atoms with Gasteiger partial charge in [-0.1, -0.05) is 27.7 Å². The van der Waals surface area contributed by atoms with Crippen LogP contribution in [-0.4, -0.2) is 17.2 Å². The Hall–Kier alpha value is 0.01000. The molecule has 0 radical (unpaired) electrons. The molecule has 0 aromatic carbocycles. The molecule has 6 heteroatoms. The highest BCUT2D eigenvalue weighted by Gasteiger charge is 2.53. The van der Waals surface area contributed by atoms with Gasteiger partial charge in [0.2, 0.25) is 0 Å². The third kappa shape index (κ3) is 3.30. The summed E-state index contributed by atoms with van der Waals surface area (Å²) in [6.45, 7) is 5.65. The second kappa shape index (κ2) is 4.69. The molecule has 0 aliphatic rings. The van der Waals surface area contributed by atoms with Crippen LogP contribution in [0.25, 0.3) is 0 Å². The minimum Gasteiger partial charge on any atom is -0.320 e. The lowest BCUT2D eigenvalue weighted by molar-refractivity contribution is 0.00522. The van der Waals surface area contributed by atoms with Gasteiger partial charge in [0.1, 0.15) is 0 Å². The summed E-state index contributed by atoms with van der Waals surface area (Å²) in [5, 5.41) is 0. The maximum Gasteiger partial charge on any atom is 0.397 e. The van der Waals surface area contributed by atoms with E-state index in [1.54, 1.807) is 13.8 Å². The molecule has 0 aliphatic heterocycles. The molecule has 0 heterocycles. The third-order valence-corrected chi connectivity index (χ3v) is 3.42. The van der Waals surface area contributed by atoms with Crippen LogP contribution >= 0.6 is 7.60 Å². The van der Waals surface area contributed by atoms with E-state index in [-0.39, 0.29) is 12.5 Å². The molecule has 0 aromatic heterocycles. The highest BCUT2D eigenvalue weighted by Crippen LogP contribution is 2.60. The topological polar surface area (TPSA) is 46.5 Å². The number of alkyl halides is 2. The first kappa shape index (κ1) is 14.0. The fourth-order valence-corrected chi connectivity index (χ4v) is 1.99. The molecular formula is C8H17F2O3P. The Kier molecular flexibility index (Phi) is 4.69. The maximum atomic E-state index is 13.1. The Morgan fingerprint density at radius 1 is 1.36 bits per heavy atom. The SMILES string of the molecule is CC(C)COP(=O)(O)C(F)(F)C(C)C. The molecular weight excluding hydrogens is 213 g/mol. The van der Waals surface area contributed by atoms with E-state index >= 15 is 0 Å². The van der Waals surface area contributed by atoms with Crippen LogP contribution in [0.3, 0.4) is 0 Å². The number of rotatable bonds is 5. The molecule has 0 aromatic rings. The van der Waals surface area contributed by atoms with Gasteiger partial charge in [-0.25, -0.2) is 0 Å². The number of hydrogen-bond acceptors (Lipinski definition) is 2. The monoisotopic (exact) mass is 230 g/mol. The van der Waals surface area contributed by atoms with Crippen LogP contribution in [0.2, 0.25) is 0 Å². The van der Waals surface area contributed by atoms with E-state index in [1.165, 1.54) is 13.8 Å². The van der Waals surface area contributed by atoms with Crippen LogP contribution < -0.4 is 0 Å². The summed E-state index contributed by atoms with van der Waals surface area (Å²) in [4.78, 5) is 9.04. The zero-order valence-corrected chi connectivity index (χ0v) is 9.72. The van der Waals surface area contributed by atoms with Crippen LogP contribution in [-0.2, 0) is 9.09 Å². The quantitative estimate of drug-likeness (QED) is 0.738. The van der Waals surface area contributed by atoms with E-state index < -0.39 is 19.2 Å². The normalized spacial score (nSPS) is 17.5. The van der Waals surface area contributed by atoms with Crippen molar-refractivity contribution in [1.82, 2.24) is 0 Å². The van der Waals surface area contributed by atoms with E-state index in [0.717, 1.165) is 0 Å². The van der Waals surface area contributed by atoms with Gasteiger partial charge < -0.3 is 9.42 Å². The maximum absolute atomic E-state index is 13.1. The highest BCUT2D eigenvalue weighted by atomic mass is 31.2. The standard InChI is InChI=1S/C8H17F2O3P/c1-6(2)5-13-14(11,12)8(9,10)7(3)4/h6-7H,5H2,1-4H3,(H,11,12). The Balaban J connectivity index is 4.53. The lowest BCUT2D eigenvalue weighted by atomic mass is 10.2. The van der Waals surface area contributed by atoms with Crippen molar-refractivity contribution in [1.29, 1.82) is 0 Å². The third-order valence-electron chi connectivity index (χ3n) is 1.65. The Labute approximate surface area is 83.0 Å². The van der Waals surface area contributed by atoms with Crippen LogP contribution in [0, 0.1) is 11.8 Å². The zero-order chi connectivity index (χ0) is 11.6. The zero-order valence-electron chi connectivity index (χ0n) is 8.83. The largest absolute Gasteiger partial charge is 0.397 e. The second-order valence-electron chi connectivity index (χ2n) is 3.95. The average Bonchev–Trinajstić information content (AvgIpc) is 2.00. The van der Waals surface area contributed by atoms with Gasteiger partial charge in [-0.2, -0.15) is 8.78 Å². The van der Waals surface area contributed by atoms with Crippen molar-refractivity contribution in [2.24, 2.45) is 11.8 Å². The molecule has 0 saturated heterocycles. The van der Waals surface area contributed by atoms with Crippen molar-refractivity contribution >= 4 is 7.60 Å². The summed E-state index contributed by atoms with van der Waals surface area (Å²) in [5.41, 5.74) is -3.68. The fourth-order valence-electron chi connectivity index (χ4n) is 0.662. The second-order valence-corrected chi connectivity index (χ2v) is 5.85. The van der Waals surface area contributed by atoms with Gasteiger partial charge in [-0.05, 0) is 5.92 Å². The van der Waals surface area contributed by atoms with Crippen molar-refractivity contribution in [2.45, 2.75) is 33.4 Å². The van der Waals surface area contributed by atoms with Gasteiger partial charge in [-0.15, -0.1) is 0 Å². The first-order valence-corrected chi connectivity index (χ1v) is 6.04. The predicted octanol–water partition coefficient (Wildman–Crippen LogP) is 3.09. The summed E-state index contributed by atoms with van der Waals surface area (Å²) in [5.74, 6) is -1.27. The van der Waals surface area contributed by atoms with Crippen molar-refractivity contribution in [3.8, 4) is 0 Å². The molecule has 1 unspecified atom stereocenters. The summed E-state index contributed by atoms with van der Waals surface area (Å²) < 4.78 is 41.8. The Bertz CT molecular complexity index is 229. The van der Waals surface area contributed by atoms with E-state index in [9.17, 15) is 13.3 Å². The minimum absolute atomic E-state index is 0.0570. The van der Waals surface area contributed by atoms with Crippen molar-refractivity contribution in [3.05, 3.63) is 0 Å². The van der Waals surface area contributed by atoms with Crippen molar-refractivity contribution < 1.29 is 22.8 Å². The first-order valence-electron chi connectivity index (χ1n) is 4.46. The molecule has 1 N–H and O–H groups in total. The van der Waals surface area contributed by atoms with Crippen molar-refractivity contribution in [2.75, 3.05) is 6.61 Å². The van der Waals surface area contributed by atoms with Gasteiger partial charge >= 0.3 is 13.3 Å². The molecule has 0 bridgehead atoms. The molecule has 0 fully saturated rings. The first-order chi connectivity index (χ1) is 6.11. The molecule has 14 heavy (non-hydrogen) atoms. The highest BCUT2D eigenvalue weighted by molar-refractivity contribution is 7.54. The molecule has 0 aliphatic carbocycles. The van der Waals surface area contributed by atoms with E-state index in [1.807, 2.05) is 0 Å². The lowest BCUT2D eigenvalue weighted by Crippen LogP contribution is -2.25. The molecule has 0 amide bonds. The number of halogens is 2. The summed E-state index contributed by atoms with van der Waals surface area (Å²) in [6, 6.07) is 0. The van der Waals surface area contributed by atoms with Gasteiger partial charge in [0.15, 0.2) is 0 Å². The Morgan fingerprint density at radius 2 is 1.79 bits per heavy atom. The molecule has 1 atom stereocenters. The average molecular weight is 230 g/mol. The van der Waals surface area contributed by atoms with E-state index in [0.29, 0.717) is 0 Å². The van der Waals surface area contributed by atoms with Crippen LogP contribution in [0.5, 0.6) is 0 Å². The van der Waals surface area contributed by atoms with E-state index in [2.05, 4.69) is 4.52 Å². The number of hydrogen-bond donors (Lipinski definition) is 1. The molecule has 86 valence electrons. The van der Waals surface area contributed by atoms with Gasteiger partial charge in [0.25, 0.3) is 0 Å². The summed E-state index contributed by atoms with van der Waals surface area (Å²) in [6.07, 6.45) is 0. The Morgan fingerprint density at radius 3 is 2.07 bits per heavy atom. The van der Waals surface area contributed by atoms with Crippen LogP contribution in [0.1, 0.15) is 27.7 Å². The lowest BCUT2D eigenvalue weighted by Gasteiger charge is -2.25. The molecule has 3 nitrogen and oxygen atoms in total. The fraction of sp³-hybridized carbons (Fsp3) is 1.00. The summed E-state index contributed by atoms with van der Waals surface area (Å²) >= 11 is 0. The summed E-state index contributed by atoms with van der Waals surface area (Å²) in [7, 11) is -4.84. The molecule has 0 rings (SSSR count). The van der Waals surface area contributed by atoms with Gasteiger partial charge in [-0.3, -0.25) is 4.57 Å². The van der Waals surface area contributed by atoms with Crippen molar-refractivity contribution in [3.63, 3.8) is 0 Å². The van der Waals surface area contributed by atoms with Crippen LogP contribution in [0.15, 0.2) is 0 Å². The molecule has 0 saturated carbocycles. The van der Waals surface area contributed by atoms with Crippen LogP contribution in [0.4, 0.5) is 8.78 Å². The minimum atomic E-state index is -4.84. The van der Waals surface area contributed by atoms with E-state index in [4.69, 9.17) is 4.89 Å².